The second-order valence-electron chi connectivity index (χ2n) is 11.4. The summed E-state index contributed by atoms with van der Waals surface area (Å²) in [6, 6.07) is 13.9. The molecule has 0 unspecified atom stereocenters. The maximum atomic E-state index is 16.5. The van der Waals surface area contributed by atoms with Crippen molar-refractivity contribution in [2.45, 2.75) is 45.4 Å². The fraction of sp³-hybridized carbons (Fsp3) is 0.257. The second kappa shape index (κ2) is 11.0. The summed E-state index contributed by atoms with van der Waals surface area (Å²) in [6.07, 6.45) is 1.79. The van der Waals surface area contributed by atoms with Gasteiger partial charge in [-0.15, -0.1) is 0 Å². The number of methoxy groups -OCH3 is 1. The van der Waals surface area contributed by atoms with Gasteiger partial charge >= 0.3 is 0 Å². The first-order valence-electron chi connectivity index (χ1n) is 14.3. The number of halogens is 2. The number of nitrogens with one attached hydrogen (secondary N) is 1. The molecule has 3 aromatic carbocycles. The molecule has 1 saturated carbocycles. The van der Waals surface area contributed by atoms with Crippen molar-refractivity contribution < 1.29 is 27.5 Å². The van der Waals surface area contributed by atoms with Crippen LogP contribution in [0.4, 0.5) is 8.78 Å². The largest absolute Gasteiger partial charge is 0.496 e. The van der Waals surface area contributed by atoms with Crippen LogP contribution in [0.2, 0.25) is 0 Å². The van der Waals surface area contributed by atoms with Crippen LogP contribution in [0.3, 0.4) is 0 Å². The third-order valence-corrected chi connectivity index (χ3v) is 8.30. The van der Waals surface area contributed by atoms with Crippen LogP contribution in [0.5, 0.6) is 5.75 Å². The lowest BCUT2D eigenvalue weighted by Crippen LogP contribution is -2.19. The molecule has 2 aromatic heterocycles. The smallest absolute Gasteiger partial charge is 0.255 e. The molecule has 7 nitrogen and oxygen atoms in total. The van der Waals surface area contributed by atoms with Crippen molar-refractivity contribution in [3.05, 3.63) is 100 Å². The molecule has 1 N–H and O–H groups in total. The predicted octanol–water partition coefficient (Wildman–Crippen LogP) is 7.43. The van der Waals surface area contributed by atoms with Gasteiger partial charge in [0.2, 0.25) is 0 Å². The molecule has 6 rings (SSSR count). The molecule has 1 fully saturated rings. The van der Waals surface area contributed by atoms with E-state index in [0.717, 1.165) is 24.2 Å². The standard InChI is InChI=1S/C35H31F2N3O4/c1-18-14-28(43-5)25(26(41)17-35(12-13-35)34-39-19(2)15-20(3)40-34)16-24(18)23-10-11-27-29(31(23)37)30(33(42)38-4)32(44-27)21-6-8-22(36)9-7-21/h6-11,14-16H,12-13,17H2,1-5H3,(H,38,42). The van der Waals surface area contributed by atoms with Crippen molar-refractivity contribution in [1.82, 2.24) is 15.3 Å². The molecular weight excluding hydrogens is 564 g/mol. The van der Waals surface area contributed by atoms with E-state index in [0.29, 0.717) is 33.8 Å². The molecule has 0 radical (unpaired) electrons. The van der Waals surface area contributed by atoms with E-state index in [1.807, 2.05) is 19.9 Å². The van der Waals surface area contributed by atoms with Gasteiger partial charge in [-0.3, -0.25) is 9.59 Å². The monoisotopic (exact) mass is 595 g/mol. The molecule has 1 aliphatic carbocycles. The first-order chi connectivity index (χ1) is 21.0. The highest BCUT2D eigenvalue weighted by Crippen LogP contribution is 2.51. The lowest BCUT2D eigenvalue weighted by molar-refractivity contribution is 0.0956. The van der Waals surface area contributed by atoms with Gasteiger partial charge in [0.1, 0.15) is 34.6 Å². The van der Waals surface area contributed by atoms with Gasteiger partial charge in [0.05, 0.1) is 23.6 Å². The molecule has 224 valence electrons. The molecule has 5 aromatic rings. The van der Waals surface area contributed by atoms with Gasteiger partial charge in [0.15, 0.2) is 5.78 Å². The SMILES string of the molecule is CNC(=O)c1c(-c2ccc(F)cc2)oc2ccc(-c3cc(C(=O)CC4(c5nc(C)cc(C)n5)CC4)c(OC)cc3C)c(F)c12. The summed E-state index contributed by atoms with van der Waals surface area (Å²) in [7, 11) is 2.94. The van der Waals surface area contributed by atoms with Gasteiger partial charge in [-0.2, -0.15) is 0 Å². The first kappa shape index (κ1) is 29.2. The molecule has 1 amide bonds. The van der Waals surface area contributed by atoms with Crippen LogP contribution in [-0.4, -0.2) is 35.8 Å². The zero-order valence-electron chi connectivity index (χ0n) is 25.1. The number of carbonyl (C=O) groups is 2. The summed E-state index contributed by atoms with van der Waals surface area (Å²) in [5, 5.41) is 2.55. The van der Waals surface area contributed by atoms with Crippen LogP contribution in [0.1, 0.15) is 62.8 Å². The minimum atomic E-state index is -0.674. The number of fused-ring (bicyclic) bond motifs is 1. The number of benzene rings is 3. The lowest BCUT2D eigenvalue weighted by Gasteiger charge is -2.17. The van der Waals surface area contributed by atoms with Gasteiger partial charge in [-0.05, 0) is 99.3 Å². The molecule has 2 heterocycles. The zero-order chi connectivity index (χ0) is 31.3. The van der Waals surface area contributed by atoms with Gasteiger partial charge in [-0.1, -0.05) is 0 Å². The Morgan fingerprint density at radius 2 is 1.64 bits per heavy atom. The molecule has 0 aliphatic heterocycles. The fourth-order valence-electron chi connectivity index (χ4n) is 5.86. The first-order valence-corrected chi connectivity index (χ1v) is 14.3. The molecule has 0 spiro atoms. The zero-order valence-corrected chi connectivity index (χ0v) is 25.1. The van der Waals surface area contributed by atoms with Crippen molar-refractivity contribution >= 4 is 22.7 Å². The number of ketones is 1. The Hall–Kier alpha value is -4.92. The molecule has 44 heavy (non-hydrogen) atoms. The van der Waals surface area contributed by atoms with Crippen molar-refractivity contribution in [2.75, 3.05) is 14.2 Å². The summed E-state index contributed by atoms with van der Waals surface area (Å²) in [5.74, 6) is -0.641. The maximum Gasteiger partial charge on any atom is 0.255 e. The molecule has 9 heteroatoms. The highest BCUT2D eigenvalue weighted by molar-refractivity contribution is 6.12. The highest BCUT2D eigenvalue weighted by Gasteiger charge is 2.49. The summed E-state index contributed by atoms with van der Waals surface area (Å²) >= 11 is 0. The number of amides is 1. The van der Waals surface area contributed by atoms with E-state index in [4.69, 9.17) is 9.15 Å². The Morgan fingerprint density at radius 1 is 0.955 bits per heavy atom. The van der Waals surface area contributed by atoms with Crippen molar-refractivity contribution in [3.8, 4) is 28.2 Å². The van der Waals surface area contributed by atoms with E-state index < -0.39 is 23.0 Å². The number of aromatic nitrogens is 2. The van der Waals surface area contributed by atoms with Gasteiger partial charge in [0.25, 0.3) is 5.91 Å². The van der Waals surface area contributed by atoms with Gasteiger partial charge in [0, 0.05) is 41.4 Å². The van der Waals surface area contributed by atoms with Crippen molar-refractivity contribution in [1.29, 1.82) is 0 Å². The Bertz CT molecular complexity index is 1940. The molecule has 1 aliphatic rings. The quantitative estimate of drug-likeness (QED) is 0.188. The van der Waals surface area contributed by atoms with E-state index in [-0.39, 0.29) is 40.1 Å². The third-order valence-electron chi connectivity index (χ3n) is 8.30. The third kappa shape index (κ3) is 5.02. The lowest BCUT2D eigenvalue weighted by atomic mass is 9.90. The number of nitrogens with zero attached hydrogens (tertiary/aromatic N) is 2. The van der Waals surface area contributed by atoms with Gasteiger partial charge in [-0.25, -0.2) is 18.7 Å². The number of carbonyl (C=O) groups excluding carboxylic acids is 2. The summed E-state index contributed by atoms with van der Waals surface area (Å²) in [4.78, 5) is 36.2. The summed E-state index contributed by atoms with van der Waals surface area (Å²) in [5.41, 5.74) is 3.54. The minimum Gasteiger partial charge on any atom is -0.496 e. The summed E-state index contributed by atoms with van der Waals surface area (Å²) < 4.78 is 41.7. The van der Waals surface area contributed by atoms with Crippen LogP contribution >= 0.6 is 0 Å². The number of rotatable bonds is 8. The van der Waals surface area contributed by atoms with E-state index in [9.17, 15) is 14.0 Å². The highest BCUT2D eigenvalue weighted by atomic mass is 19.1. The number of hydrogen-bond donors (Lipinski definition) is 1. The molecule has 0 saturated heterocycles. The Morgan fingerprint density at radius 3 is 2.25 bits per heavy atom. The Kier molecular flexibility index (Phi) is 7.27. The fourth-order valence-corrected chi connectivity index (χ4v) is 5.86. The van der Waals surface area contributed by atoms with E-state index in [2.05, 4.69) is 15.3 Å². The second-order valence-corrected chi connectivity index (χ2v) is 11.4. The number of ether oxygens (including phenoxy) is 1. The van der Waals surface area contributed by atoms with E-state index >= 15 is 4.39 Å². The predicted molar refractivity (Wildman–Crippen MR) is 163 cm³/mol. The molecule has 0 atom stereocenters. The Balaban J connectivity index is 1.46. The number of furan rings is 1. The van der Waals surface area contributed by atoms with Crippen LogP contribution in [-0.2, 0) is 5.41 Å². The molecule has 0 bridgehead atoms. The van der Waals surface area contributed by atoms with Gasteiger partial charge < -0.3 is 14.5 Å². The normalized spacial score (nSPS) is 13.6. The summed E-state index contributed by atoms with van der Waals surface area (Å²) in [6.45, 7) is 5.63. The topological polar surface area (TPSA) is 94.3 Å². The minimum absolute atomic E-state index is 0.0000426. The van der Waals surface area contributed by atoms with Crippen LogP contribution in [0.15, 0.2) is 59.0 Å². The number of aryl methyl sites for hydroxylation is 3. The Labute approximate surface area is 253 Å². The molecular formula is C35H31F2N3O4. The van der Waals surface area contributed by atoms with Crippen LogP contribution in [0.25, 0.3) is 33.4 Å². The van der Waals surface area contributed by atoms with Crippen molar-refractivity contribution in [2.24, 2.45) is 0 Å². The van der Waals surface area contributed by atoms with Crippen LogP contribution < -0.4 is 10.1 Å². The average Bonchev–Trinajstić information content (AvgIpc) is 3.67. The van der Waals surface area contributed by atoms with Crippen LogP contribution in [0, 0.1) is 32.4 Å². The number of Topliss-reactive ketones (excluding diaryl/α,β-unsaturated/α-hetero) is 1. The van der Waals surface area contributed by atoms with E-state index in [1.165, 1.54) is 38.4 Å². The maximum absolute atomic E-state index is 16.5. The van der Waals surface area contributed by atoms with E-state index in [1.54, 1.807) is 31.2 Å². The number of hydrogen-bond acceptors (Lipinski definition) is 6. The average molecular weight is 596 g/mol. The van der Waals surface area contributed by atoms with Crippen molar-refractivity contribution in [3.63, 3.8) is 0 Å².